The van der Waals surface area contributed by atoms with E-state index in [0.717, 1.165) is 22.6 Å². The van der Waals surface area contributed by atoms with Crippen molar-refractivity contribution in [2.45, 2.75) is 13.8 Å². The molecule has 0 fully saturated rings. The van der Waals surface area contributed by atoms with Crippen molar-refractivity contribution >= 4 is 11.7 Å². The Morgan fingerprint density at radius 2 is 1.77 bits per heavy atom. The minimum Gasteiger partial charge on any atom is -0.462 e. The van der Waals surface area contributed by atoms with E-state index in [0.29, 0.717) is 12.2 Å². The highest BCUT2D eigenvalue weighted by atomic mass is 16.6. The van der Waals surface area contributed by atoms with Crippen LogP contribution in [0, 0.1) is 17.0 Å². The van der Waals surface area contributed by atoms with E-state index in [1.807, 2.05) is 41.8 Å². The minimum atomic E-state index is -0.436. The van der Waals surface area contributed by atoms with Gasteiger partial charge in [-0.25, -0.2) is 4.79 Å². The van der Waals surface area contributed by atoms with Gasteiger partial charge in [0.25, 0.3) is 5.69 Å². The zero-order chi connectivity index (χ0) is 18.7. The molecule has 6 heteroatoms. The molecule has 1 heterocycles. The molecule has 0 saturated heterocycles. The Kier molecular flexibility index (Phi) is 4.84. The summed E-state index contributed by atoms with van der Waals surface area (Å²) in [5, 5.41) is 10.9. The summed E-state index contributed by atoms with van der Waals surface area (Å²) in [5.41, 5.74) is 3.71. The maximum absolute atomic E-state index is 12.3. The van der Waals surface area contributed by atoms with Crippen LogP contribution in [0.2, 0.25) is 0 Å². The molecule has 3 aromatic rings. The molecule has 0 spiro atoms. The van der Waals surface area contributed by atoms with Crippen molar-refractivity contribution in [1.82, 2.24) is 4.57 Å². The van der Waals surface area contributed by atoms with E-state index in [-0.39, 0.29) is 11.7 Å². The highest BCUT2D eigenvalue weighted by Crippen LogP contribution is 2.30. The summed E-state index contributed by atoms with van der Waals surface area (Å²) < 4.78 is 7.07. The molecule has 26 heavy (non-hydrogen) atoms. The van der Waals surface area contributed by atoms with Crippen LogP contribution in [0.4, 0.5) is 5.69 Å². The van der Waals surface area contributed by atoms with Crippen LogP contribution in [-0.2, 0) is 4.74 Å². The van der Waals surface area contributed by atoms with Crippen molar-refractivity contribution < 1.29 is 14.5 Å². The molecular formula is C20H18N2O4. The summed E-state index contributed by atoms with van der Waals surface area (Å²) in [6.07, 6.45) is 0. The summed E-state index contributed by atoms with van der Waals surface area (Å²) in [6.45, 7) is 3.89. The molecule has 0 bridgehead atoms. The number of nitro groups is 1. The molecule has 3 rings (SSSR count). The molecular weight excluding hydrogens is 332 g/mol. The number of non-ortho nitro benzene ring substituents is 1. The van der Waals surface area contributed by atoms with Crippen molar-refractivity contribution in [3.63, 3.8) is 0 Å². The maximum atomic E-state index is 12.3. The molecule has 0 aliphatic rings. The Labute approximate surface area is 150 Å². The lowest BCUT2D eigenvalue weighted by atomic mass is 10.1. The molecule has 1 aromatic heterocycles. The maximum Gasteiger partial charge on any atom is 0.339 e. The molecule has 6 nitrogen and oxygen atoms in total. The SMILES string of the molecule is CCOC(=O)c1cc(-c2ccccc2)n(-c2ccc([N+](=O)[O-])cc2)c1C. The molecule has 0 atom stereocenters. The molecule has 0 unspecified atom stereocenters. The monoisotopic (exact) mass is 350 g/mol. The number of benzene rings is 2. The lowest BCUT2D eigenvalue weighted by Crippen LogP contribution is -2.07. The largest absolute Gasteiger partial charge is 0.462 e. The van der Waals surface area contributed by atoms with Gasteiger partial charge in [0.2, 0.25) is 0 Å². The van der Waals surface area contributed by atoms with Crippen molar-refractivity contribution in [3.05, 3.63) is 82.0 Å². The van der Waals surface area contributed by atoms with Crippen LogP contribution in [0.15, 0.2) is 60.7 Å². The second-order valence-corrected chi connectivity index (χ2v) is 5.72. The molecule has 0 radical (unpaired) electrons. The first-order valence-corrected chi connectivity index (χ1v) is 8.22. The fraction of sp³-hybridized carbons (Fsp3) is 0.150. The van der Waals surface area contributed by atoms with Crippen molar-refractivity contribution in [3.8, 4) is 16.9 Å². The average Bonchev–Trinajstić information content (AvgIpc) is 3.00. The quantitative estimate of drug-likeness (QED) is 0.385. The lowest BCUT2D eigenvalue weighted by molar-refractivity contribution is -0.384. The van der Waals surface area contributed by atoms with Gasteiger partial charge in [-0.05, 0) is 37.6 Å². The van der Waals surface area contributed by atoms with Gasteiger partial charge in [0.05, 0.1) is 22.8 Å². The van der Waals surface area contributed by atoms with E-state index in [2.05, 4.69) is 0 Å². The van der Waals surface area contributed by atoms with Gasteiger partial charge in [0.1, 0.15) is 0 Å². The van der Waals surface area contributed by atoms with Gasteiger partial charge < -0.3 is 9.30 Å². The number of nitro benzene ring substituents is 1. The topological polar surface area (TPSA) is 74.4 Å². The minimum absolute atomic E-state index is 0.0189. The van der Waals surface area contributed by atoms with Crippen molar-refractivity contribution in [1.29, 1.82) is 0 Å². The highest BCUT2D eigenvalue weighted by Gasteiger charge is 2.20. The molecule has 2 aromatic carbocycles. The molecule has 0 aliphatic heterocycles. The van der Waals surface area contributed by atoms with Gasteiger partial charge in [-0.1, -0.05) is 30.3 Å². The summed E-state index contributed by atoms with van der Waals surface area (Å²) in [5.74, 6) is -0.386. The second-order valence-electron chi connectivity index (χ2n) is 5.72. The zero-order valence-corrected chi connectivity index (χ0v) is 14.5. The predicted molar refractivity (Wildman–Crippen MR) is 98.6 cm³/mol. The number of esters is 1. The highest BCUT2D eigenvalue weighted by molar-refractivity contribution is 5.93. The van der Waals surface area contributed by atoms with Gasteiger partial charge in [0.15, 0.2) is 0 Å². The van der Waals surface area contributed by atoms with Crippen LogP contribution in [-0.4, -0.2) is 22.1 Å². The van der Waals surface area contributed by atoms with E-state index in [1.165, 1.54) is 12.1 Å². The smallest absolute Gasteiger partial charge is 0.339 e. The molecule has 0 N–H and O–H groups in total. The van der Waals surface area contributed by atoms with Crippen molar-refractivity contribution in [2.24, 2.45) is 0 Å². The van der Waals surface area contributed by atoms with Crippen LogP contribution >= 0.6 is 0 Å². The number of carbonyl (C=O) groups excluding carboxylic acids is 1. The van der Waals surface area contributed by atoms with Gasteiger partial charge in [-0.15, -0.1) is 0 Å². The first-order valence-electron chi connectivity index (χ1n) is 8.22. The molecule has 132 valence electrons. The Hall–Kier alpha value is -3.41. The lowest BCUT2D eigenvalue weighted by Gasteiger charge is -2.12. The standard InChI is InChI=1S/C20H18N2O4/c1-3-26-20(23)18-13-19(15-7-5-4-6-8-15)21(14(18)2)16-9-11-17(12-10-16)22(24)25/h4-13H,3H2,1-2H3. The van der Waals surface area contributed by atoms with E-state index < -0.39 is 4.92 Å². The number of ether oxygens (including phenoxy) is 1. The number of hydrogen-bond acceptors (Lipinski definition) is 4. The number of hydrogen-bond donors (Lipinski definition) is 0. The van der Waals surface area contributed by atoms with Crippen LogP contribution < -0.4 is 0 Å². The normalized spacial score (nSPS) is 10.5. The van der Waals surface area contributed by atoms with E-state index >= 15 is 0 Å². The summed E-state index contributed by atoms with van der Waals surface area (Å²) in [6, 6.07) is 17.7. The fourth-order valence-electron chi connectivity index (χ4n) is 2.90. The Balaban J connectivity index is 2.18. The van der Waals surface area contributed by atoms with E-state index in [9.17, 15) is 14.9 Å². The van der Waals surface area contributed by atoms with Crippen molar-refractivity contribution in [2.75, 3.05) is 6.61 Å². The van der Waals surface area contributed by atoms with Crippen LogP contribution in [0.25, 0.3) is 16.9 Å². The average molecular weight is 350 g/mol. The Morgan fingerprint density at radius 3 is 2.35 bits per heavy atom. The summed E-state index contributed by atoms with van der Waals surface area (Å²) in [7, 11) is 0. The van der Waals surface area contributed by atoms with Gasteiger partial charge in [-0.2, -0.15) is 0 Å². The summed E-state index contributed by atoms with van der Waals surface area (Å²) in [4.78, 5) is 22.8. The van der Waals surface area contributed by atoms with Gasteiger partial charge in [-0.3, -0.25) is 10.1 Å². The zero-order valence-electron chi connectivity index (χ0n) is 14.5. The van der Waals surface area contributed by atoms with Gasteiger partial charge >= 0.3 is 5.97 Å². The third-order valence-electron chi connectivity index (χ3n) is 4.13. The van der Waals surface area contributed by atoms with Crippen LogP contribution in [0.1, 0.15) is 23.0 Å². The second kappa shape index (κ2) is 7.23. The molecule has 0 amide bonds. The number of aromatic nitrogens is 1. The molecule has 0 aliphatic carbocycles. The third-order valence-corrected chi connectivity index (χ3v) is 4.13. The predicted octanol–water partition coefficient (Wildman–Crippen LogP) is 4.54. The number of carbonyl (C=O) groups is 1. The Morgan fingerprint density at radius 1 is 1.12 bits per heavy atom. The fourth-order valence-corrected chi connectivity index (χ4v) is 2.90. The van der Waals surface area contributed by atoms with E-state index in [4.69, 9.17) is 4.74 Å². The van der Waals surface area contributed by atoms with E-state index in [1.54, 1.807) is 25.1 Å². The van der Waals surface area contributed by atoms with Crippen LogP contribution in [0.3, 0.4) is 0 Å². The number of rotatable bonds is 5. The first-order chi connectivity index (χ1) is 12.5. The summed E-state index contributed by atoms with van der Waals surface area (Å²) >= 11 is 0. The van der Waals surface area contributed by atoms with Gasteiger partial charge in [0, 0.05) is 23.5 Å². The third kappa shape index (κ3) is 3.21. The van der Waals surface area contributed by atoms with Crippen LogP contribution in [0.5, 0.6) is 0 Å². The number of nitrogens with zero attached hydrogens (tertiary/aromatic N) is 2. The Bertz CT molecular complexity index is 944. The molecule has 0 saturated carbocycles. The first kappa shape index (κ1) is 17.4.